The van der Waals surface area contributed by atoms with Gasteiger partial charge in [-0.05, 0) is 0 Å². The number of hydrogen-bond donors (Lipinski definition) is 0. The molecule has 0 N–H and O–H groups in total. The third-order valence-electron chi connectivity index (χ3n) is 0. The van der Waals surface area contributed by atoms with Crippen LogP contribution in [-0.2, 0) is 0 Å². The average molecular weight is 82.0 g/mol. The third kappa shape index (κ3) is 30.1. The second kappa shape index (κ2) is 10.0. The molecule has 0 spiro atoms. The van der Waals surface area contributed by atoms with Gasteiger partial charge in [-0.2, -0.15) is 0 Å². The maximum atomic E-state index is 9.62. The van der Waals surface area contributed by atoms with Crippen molar-refractivity contribution in [3.05, 3.63) is 0 Å². The van der Waals surface area contributed by atoms with Crippen LogP contribution in [0, 0.1) is 0 Å². The minimum atomic E-state index is -1.75. The van der Waals surface area contributed by atoms with Crippen molar-refractivity contribution in [2.45, 2.75) is 0 Å². The summed E-state index contributed by atoms with van der Waals surface area (Å²) in [6, 6.07) is 0. The Hall–Kier alpha value is 0.392. The van der Waals surface area contributed by atoms with Gasteiger partial charge in [0, 0.05) is 0 Å². The second-order valence-electron chi connectivity index (χ2n) is 0.101. The van der Waals surface area contributed by atoms with E-state index in [2.05, 4.69) is 0 Å². The Bertz CT molecular complexity index is 6.00. The predicted octanol–water partition coefficient (Wildman–Crippen LogP) is -0.301. The summed E-state index contributed by atoms with van der Waals surface area (Å²) in [4.78, 5) is 0. The second-order valence-corrected chi connectivity index (χ2v) is 0.101. The van der Waals surface area contributed by atoms with E-state index in [9.17, 15) is 8.78 Å². The molecule has 0 aromatic carbocycles. The first-order valence-electron chi connectivity index (χ1n) is 0.535. The molecule has 26 valence electrons. The van der Waals surface area contributed by atoms with Crippen molar-refractivity contribution in [3.8, 4) is 0 Å². The van der Waals surface area contributed by atoms with Gasteiger partial charge in [0.05, 0.1) is 0 Å². The Morgan fingerprint density at radius 1 is 1.25 bits per heavy atom. The molecule has 0 radical (unpaired) electrons. The van der Waals surface area contributed by atoms with Crippen molar-refractivity contribution in [2.24, 2.45) is 0 Å². The first kappa shape index (κ1) is 8.83. The van der Waals surface area contributed by atoms with E-state index in [1.165, 1.54) is 0 Å². The van der Waals surface area contributed by atoms with Gasteiger partial charge in [0.15, 0.2) is 17.4 Å². The molecular formula is CH5AlF2. The topological polar surface area (TPSA) is 0 Å². The molecule has 0 atom stereocenters. The Balaban J connectivity index is 0. The van der Waals surface area contributed by atoms with Gasteiger partial charge in [-0.1, -0.05) is 0 Å². The molecule has 0 aromatic heterocycles. The van der Waals surface area contributed by atoms with Crippen LogP contribution < -0.4 is 0 Å². The third-order valence-corrected chi connectivity index (χ3v) is 0. The van der Waals surface area contributed by atoms with E-state index in [1.807, 2.05) is 0 Å². The van der Waals surface area contributed by atoms with Crippen molar-refractivity contribution in [3.63, 3.8) is 0 Å². The van der Waals surface area contributed by atoms with Gasteiger partial charge in [0.1, 0.15) is 0 Å². The quantitative estimate of drug-likeness (QED) is 0.352. The highest BCUT2D eigenvalue weighted by Crippen LogP contribution is 1.56. The minimum Gasteiger partial charge on any atom is -0.214 e. The zero-order chi connectivity index (χ0) is 2.71. The van der Waals surface area contributed by atoms with Crippen molar-refractivity contribution in [1.82, 2.24) is 0 Å². The maximum Gasteiger partial charge on any atom is 0.229 e. The van der Waals surface area contributed by atoms with Gasteiger partial charge in [-0.15, -0.1) is 0 Å². The van der Waals surface area contributed by atoms with Crippen molar-refractivity contribution < 1.29 is 8.78 Å². The van der Waals surface area contributed by atoms with E-state index in [4.69, 9.17) is 0 Å². The van der Waals surface area contributed by atoms with E-state index in [1.54, 1.807) is 0 Å². The van der Waals surface area contributed by atoms with Gasteiger partial charge in [0.2, 0.25) is 6.93 Å². The van der Waals surface area contributed by atoms with Gasteiger partial charge in [-0.25, -0.2) is 8.78 Å². The molecule has 0 aliphatic heterocycles. The van der Waals surface area contributed by atoms with E-state index < -0.39 is 6.93 Å². The van der Waals surface area contributed by atoms with Gasteiger partial charge < -0.3 is 0 Å². The Morgan fingerprint density at radius 2 is 1.25 bits per heavy atom. The molecule has 0 unspecified atom stereocenters. The fraction of sp³-hybridized carbons (Fsp3) is 1.00. The van der Waals surface area contributed by atoms with Crippen LogP contribution in [0.4, 0.5) is 8.78 Å². The molecule has 0 aromatic rings. The molecule has 0 nitrogen and oxygen atoms in total. The first-order chi connectivity index (χ1) is 1.41. The number of hydrogen-bond acceptors (Lipinski definition) is 0. The van der Waals surface area contributed by atoms with Crippen LogP contribution in [0.5, 0.6) is 0 Å². The lowest BCUT2D eigenvalue weighted by Gasteiger charge is -1.42. The standard InChI is InChI=1S/CH2F2.Al.3H/c2-1-3;;;;/h1H2;;;;. The molecular weight excluding hydrogens is 77.0 g/mol. The molecule has 0 rings (SSSR count). The highest BCUT2D eigenvalue weighted by molar-refractivity contribution is 5.75. The van der Waals surface area contributed by atoms with E-state index in [0.717, 1.165) is 0 Å². The van der Waals surface area contributed by atoms with Crippen molar-refractivity contribution in [2.75, 3.05) is 6.93 Å². The molecule has 0 amide bonds. The van der Waals surface area contributed by atoms with E-state index >= 15 is 0 Å². The molecule has 0 heterocycles. The first-order valence-corrected chi connectivity index (χ1v) is 0.535. The van der Waals surface area contributed by atoms with Crippen LogP contribution in [0.3, 0.4) is 0 Å². The SMILES string of the molecule is FCF.[AlH3]. The number of halogens is 2. The van der Waals surface area contributed by atoms with Crippen molar-refractivity contribution in [1.29, 1.82) is 0 Å². The van der Waals surface area contributed by atoms with Crippen LogP contribution in [0.2, 0.25) is 0 Å². The maximum absolute atomic E-state index is 9.62. The van der Waals surface area contributed by atoms with Crippen LogP contribution in [0.15, 0.2) is 0 Å². The summed E-state index contributed by atoms with van der Waals surface area (Å²) in [5, 5.41) is 0. The highest BCUT2D eigenvalue weighted by Gasteiger charge is 1.44. The highest BCUT2D eigenvalue weighted by atomic mass is 27.0. The van der Waals surface area contributed by atoms with Gasteiger partial charge in [0.25, 0.3) is 0 Å². The lowest BCUT2D eigenvalue weighted by atomic mass is 11.7. The molecule has 0 saturated heterocycles. The zero-order valence-electron chi connectivity index (χ0n) is 1.46. The fourth-order valence-corrected chi connectivity index (χ4v) is 0. The Morgan fingerprint density at radius 3 is 1.25 bits per heavy atom. The summed E-state index contributed by atoms with van der Waals surface area (Å²) in [7, 11) is 0. The largest absolute Gasteiger partial charge is 0.229 e. The summed E-state index contributed by atoms with van der Waals surface area (Å²) in [6.45, 7) is -1.75. The summed E-state index contributed by atoms with van der Waals surface area (Å²) in [6.07, 6.45) is 0. The zero-order valence-corrected chi connectivity index (χ0v) is 1.46. The Labute approximate surface area is 33.9 Å². The van der Waals surface area contributed by atoms with Crippen LogP contribution in [0.1, 0.15) is 0 Å². The Kier molecular flexibility index (Phi) is 22.1. The summed E-state index contributed by atoms with van der Waals surface area (Å²) < 4.78 is 19.2. The van der Waals surface area contributed by atoms with Crippen LogP contribution in [0.25, 0.3) is 0 Å². The molecule has 3 heteroatoms. The van der Waals surface area contributed by atoms with Gasteiger partial charge in [-0.3, -0.25) is 0 Å². The summed E-state index contributed by atoms with van der Waals surface area (Å²) in [5.41, 5.74) is 0. The minimum absolute atomic E-state index is 0. The van der Waals surface area contributed by atoms with Gasteiger partial charge >= 0.3 is 0 Å². The number of alkyl halides is 2. The summed E-state index contributed by atoms with van der Waals surface area (Å²) in [5.74, 6) is 0. The normalized spacial score (nSPS) is 4.50. The molecule has 0 saturated carbocycles. The molecule has 0 bridgehead atoms. The molecule has 0 aliphatic rings. The van der Waals surface area contributed by atoms with Crippen molar-refractivity contribution >= 4 is 17.4 Å². The molecule has 0 aliphatic carbocycles. The van der Waals surface area contributed by atoms with E-state index in [-0.39, 0.29) is 17.4 Å². The smallest absolute Gasteiger partial charge is 0.214 e. The lowest BCUT2D eigenvalue weighted by molar-refractivity contribution is 0.295. The molecule has 0 fully saturated rings. The fourth-order valence-electron chi connectivity index (χ4n) is 0. The average Bonchev–Trinajstić information content (AvgIpc) is 0.918. The predicted molar refractivity (Wildman–Crippen MR) is 17.0 cm³/mol. The van der Waals surface area contributed by atoms with E-state index in [0.29, 0.717) is 0 Å². The number of rotatable bonds is 0. The summed E-state index contributed by atoms with van der Waals surface area (Å²) >= 11 is 0. The van der Waals surface area contributed by atoms with Crippen LogP contribution >= 0.6 is 0 Å². The lowest BCUT2D eigenvalue weighted by Crippen LogP contribution is -1.34. The van der Waals surface area contributed by atoms with Crippen LogP contribution in [-0.4, -0.2) is 24.3 Å². The molecule has 4 heavy (non-hydrogen) atoms. The monoisotopic (exact) mass is 82.0 g/mol.